The summed E-state index contributed by atoms with van der Waals surface area (Å²) in [5.74, 6) is -0.882. The molecule has 1 fully saturated rings. The highest BCUT2D eigenvalue weighted by atomic mass is 19.1. The van der Waals surface area contributed by atoms with Gasteiger partial charge in [0, 0.05) is 49.1 Å². The minimum absolute atomic E-state index is 0.122. The van der Waals surface area contributed by atoms with Gasteiger partial charge in [0.1, 0.15) is 23.2 Å². The van der Waals surface area contributed by atoms with E-state index in [-0.39, 0.29) is 28.7 Å². The minimum atomic E-state index is -0.672. The average molecular weight is 585 g/mol. The fourth-order valence-corrected chi connectivity index (χ4v) is 5.39. The summed E-state index contributed by atoms with van der Waals surface area (Å²) in [4.78, 5) is 21.2. The van der Waals surface area contributed by atoms with E-state index in [1.807, 2.05) is 77.4 Å². The molecule has 0 saturated carbocycles. The second kappa shape index (κ2) is 10.9. The van der Waals surface area contributed by atoms with Gasteiger partial charge in [-0.15, -0.1) is 0 Å². The van der Waals surface area contributed by atoms with E-state index in [9.17, 15) is 15.2 Å². The number of phenols is 1. The van der Waals surface area contributed by atoms with E-state index >= 15 is 4.39 Å². The smallest absolute Gasteiger partial charge is 0.410 e. The Balaban J connectivity index is 1.57. The zero-order chi connectivity index (χ0) is 31.3. The number of rotatable bonds is 3. The van der Waals surface area contributed by atoms with Crippen LogP contribution in [0, 0.1) is 24.1 Å². The number of amides is 1. The molecule has 10 heteroatoms. The predicted octanol–water partition coefficient (Wildman–Crippen LogP) is 6.60. The molecule has 43 heavy (non-hydrogen) atoms. The molecule has 9 nitrogen and oxygen atoms in total. The molecule has 1 N–H and O–H groups in total. The number of carbonyl (C=O) groups is 1. The molecule has 0 radical (unpaired) electrons. The molecule has 1 aliphatic heterocycles. The molecule has 2 aromatic carbocycles. The molecule has 0 atom stereocenters. The van der Waals surface area contributed by atoms with Crippen LogP contribution >= 0.6 is 0 Å². The topological polar surface area (TPSA) is 108 Å². The van der Waals surface area contributed by atoms with Gasteiger partial charge in [0.05, 0.1) is 27.9 Å². The second-order valence-corrected chi connectivity index (χ2v) is 12.9. The quantitative estimate of drug-likeness (QED) is 0.289. The van der Waals surface area contributed by atoms with E-state index in [0.29, 0.717) is 43.1 Å². The summed E-state index contributed by atoms with van der Waals surface area (Å²) in [6, 6.07) is 14.0. The first-order valence-corrected chi connectivity index (χ1v) is 14.3. The Kier molecular flexibility index (Phi) is 7.55. The van der Waals surface area contributed by atoms with Crippen molar-refractivity contribution in [1.29, 1.82) is 5.26 Å². The van der Waals surface area contributed by atoms with Crippen LogP contribution in [0.1, 0.15) is 52.8 Å². The lowest BCUT2D eigenvalue weighted by Crippen LogP contribution is -2.50. The molecule has 4 aromatic rings. The number of hydrogen-bond donors (Lipinski definition) is 1. The molecule has 5 rings (SSSR count). The van der Waals surface area contributed by atoms with Gasteiger partial charge >= 0.3 is 6.09 Å². The summed E-state index contributed by atoms with van der Waals surface area (Å²) >= 11 is 0. The van der Waals surface area contributed by atoms with Crippen molar-refractivity contribution >= 4 is 22.8 Å². The predicted molar refractivity (Wildman–Crippen MR) is 164 cm³/mol. The molecule has 0 spiro atoms. The Bertz CT molecular complexity index is 1730. The summed E-state index contributed by atoms with van der Waals surface area (Å²) in [5, 5.41) is 25.8. The molecule has 0 unspecified atom stereocenters. The number of aromatic hydroxyl groups is 1. The number of anilines is 1. The number of hydrogen-bond acceptors (Lipinski definition) is 7. The lowest BCUT2D eigenvalue weighted by molar-refractivity contribution is 0.0240. The SMILES string of the molecule is Cc1nn(C(C)(C)C)c2nc(-c3ccc(O)cc3F)c(C#N)c(-c3ccc(N4CCN(C(=O)OC(C)(C)C)CC4)cc3)c12. The third kappa shape index (κ3) is 5.85. The van der Waals surface area contributed by atoms with Gasteiger partial charge in [-0.3, -0.25) is 0 Å². The van der Waals surface area contributed by atoms with Gasteiger partial charge in [0.2, 0.25) is 0 Å². The van der Waals surface area contributed by atoms with E-state index in [1.165, 1.54) is 12.1 Å². The fourth-order valence-electron chi connectivity index (χ4n) is 5.39. The van der Waals surface area contributed by atoms with Gasteiger partial charge in [-0.05, 0) is 78.3 Å². The second-order valence-electron chi connectivity index (χ2n) is 12.9. The maximum Gasteiger partial charge on any atom is 0.410 e. The largest absolute Gasteiger partial charge is 0.508 e. The zero-order valence-corrected chi connectivity index (χ0v) is 25.7. The van der Waals surface area contributed by atoms with Crippen molar-refractivity contribution in [3.8, 4) is 34.2 Å². The first kappa shape index (κ1) is 29.8. The van der Waals surface area contributed by atoms with E-state index in [2.05, 4.69) is 11.0 Å². The van der Waals surface area contributed by atoms with Gasteiger partial charge in [0.15, 0.2) is 5.65 Å². The van der Waals surface area contributed by atoms with Crippen LogP contribution in [0.15, 0.2) is 42.5 Å². The molecule has 3 heterocycles. The van der Waals surface area contributed by atoms with Crippen molar-refractivity contribution in [1.82, 2.24) is 19.7 Å². The Morgan fingerprint density at radius 2 is 1.67 bits per heavy atom. The Labute approximate surface area is 251 Å². The van der Waals surface area contributed by atoms with Crippen molar-refractivity contribution in [2.75, 3.05) is 31.1 Å². The Morgan fingerprint density at radius 3 is 2.23 bits per heavy atom. The number of carbonyl (C=O) groups excluding carboxylic acids is 1. The molecule has 224 valence electrons. The molecule has 2 aromatic heterocycles. The van der Waals surface area contributed by atoms with Crippen molar-refractivity contribution < 1.29 is 19.0 Å². The average Bonchev–Trinajstić information content (AvgIpc) is 3.28. The van der Waals surface area contributed by atoms with Crippen molar-refractivity contribution in [3.63, 3.8) is 0 Å². The molecular formula is C33H37FN6O3. The number of fused-ring (bicyclic) bond motifs is 1. The van der Waals surface area contributed by atoms with Crippen LogP contribution in [0.4, 0.5) is 14.9 Å². The van der Waals surface area contributed by atoms with Crippen LogP contribution in [0.5, 0.6) is 5.75 Å². The Morgan fingerprint density at radius 1 is 1.02 bits per heavy atom. The number of benzene rings is 2. The molecule has 1 saturated heterocycles. The molecule has 0 aliphatic carbocycles. The lowest BCUT2D eigenvalue weighted by Gasteiger charge is -2.36. The molecule has 1 aliphatic rings. The molecule has 0 bridgehead atoms. The zero-order valence-electron chi connectivity index (χ0n) is 25.7. The van der Waals surface area contributed by atoms with Crippen LogP contribution in [0.3, 0.4) is 0 Å². The lowest BCUT2D eigenvalue weighted by atomic mass is 9.92. The summed E-state index contributed by atoms with van der Waals surface area (Å²) in [6.07, 6.45) is -0.305. The third-order valence-electron chi connectivity index (χ3n) is 7.40. The van der Waals surface area contributed by atoms with Gasteiger partial charge in [-0.1, -0.05) is 12.1 Å². The van der Waals surface area contributed by atoms with E-state index in [1.54, 1.807) is 4.90 Å². The van der Waals surface area contributed by atoms with Gasteiger partial charge in [0.25, 0.3) is 0 Å². The van der Waals surface area contributed by atoms with Gasteiger partial charge in [-0.2, -0.15) is 10.4 Å². The van der Waals surface area contributed by atoms with Crippen molar-refractivity contribution in [2.24, 2.45) is 0 Å². The minimum Gasteiger partial charge on any atom is -0.508 e. The maximum absolute atomic E-state index is 15.2. The number of aryl methyl sites for hydroxylation is 1. The number of halogens is 1. The first-order valence-electron chi connectivity index (χ1n) is 14.3. The normalized spacial score (nSPS) is 14.2. The van der Waals surface area contributed by atoms with E-state index in [4.69, 9.17) is 14.8 Å². The van der Waals surface area contributed by atoms with Crippen LogP contribution in [0.2, 0.25) is 0 Å². The van der Waals surface area contributed by atoms with E-state index in [0.717, 1.165) is 22.7 Å². The van der Waals surface area contributed by atoms with Crippen LogP contribution < -0.4 is 4.90 Å². The molecular weight excluding hydrogens is 547 g/mol. The number of ether oxygens (including phenoxy) is 1. The first-order chi connectivity index (χ1) is 20.2. The number of phenolic OH excluding ortho intramolecular Hbond substituents is 1. The fraction of sp³-hybridized carbons (Fsp3) is 0.394. The van der Waals surface area contributed by atoms with Crippen LogP contribution in [-0.4, -0.2) is 62.6 Å². The number of aromatic nitrogens is 3. The van der Waals surface area contributed by atoms with Crippen LogP contribution in [-0.2, 0) is 10.3 Å². The van der Waals surface area contributed by atoms with Gasteiger partial charge < -0.3 is 19.6 Å². The molecule has 1 amide bonds. The number of pyridine rings is 1. The highest BCUT2D eigenvalue weighted by Crippen LogP contribution is 2.40. The standard InChI is InChI=1S/C33H37FN6O3/c1-20-27-28(21-8-10-22(11-9-21)38-14-16-39(17-15-38)31(42)43-33(5,6)7)25(19-35)29(24-13-12-23(41)18-26(24)34)36-30(27)40(37-20)32(2,3)4/h8-13,18,41H,14-17H2,1-7H3. The number of piperazine rings is 1. The summed E-state index contributed by atoms with van der Waals surface area (Å²) < 4.78 is 22.5. The van der Waals surface area contributed by atoms with Crippen LogP contribution in [0.25, 0.3) is 33.4 Å². The summed E-state index contributed by atoms with van der Waals surface area (Å²) in [5.41, 5.74) is 3.22. The Hall–Kier alpha value is -4.65. The number of nitrogens with zero attached hydrogens (tertiary/aromatic N) is 6. The summed E-state index contributed by atoms with van der Waals surface area (Å²) in [7, 11) is 0. The van der Waals surface area contributed by atoms with Crippen molar-refractivity contribution in [3.05, 3.63) is 59.5 Å². The van der Waals surface area contributed by atoms with Crippen molar-refractivity contribution in [2.45, 2.75) is 59.6 Å². The highest BCUT2D eigenvalue weighted by Gasteiger charge is 2.29. The number of nitriles is 1. The van der Waals surface area contributed by atoms with E-state index < -0.39 is 17.0 Å². The summed E-state index contributed by atoms with van der Waals surface area (Å²) in [6.45, 7) is 15.9. The third-order valence-corrected chi connectivity index (χ3v) is 7.40. The monoisotopic (exact) mass is 584 g/mol. The highest BCUT2D eigenvalue weighted by molar-refractivity contribution is 6.01. The maximum atomic E-state index is 15.2. The van der Waals surface area contributed by atoms with Gasteiger partial charge in [-0.25, -0.2) is 18.9 Å².